The van der Waals surface area contributed by atoms with Gasteiger partial charge < -0.3 is 30.5 Å². The Kier molecular flexibility index (Phi) is 11.4. The molecule has 0 aliphatic carbocycles. The van der Waals surface area contributed by atoms with E-state index in [9.17, 15) is 5.11 Å². The largest absolute Gasteiger partial charge is 0.394 e. The van der Waals surface area contributed by atoms with Gasteiger partial charge in [0.05, 0.1) is 38.1 Å². The van der Waals surface area contributed by atoms with Crippen LogP contribution < -0.4 is 5.32 Å². The summed E-state index contributed by atoms with van der Waals surface area (Å²) < 4.78 is 5.34. The van der Waals surface area contributed by atoms with Gasteiger partial charge in [-0.3, -0.25) is 0 Å². The lowest BCUT2D eigenvalue weighted by molar-refractivity contribution is 0.00779. The van der Waals surface area contributed by atoms with Gasteiger partial charge in [0.25, 0.3) is 0 Å². The number of hydrogen-bond donors (Lipinski definition) is 5. The van der Waals surface area contributed by atoms with E-state index in [1.807, 2.05) is 0 Å². The molecule has 0 aromatic rings. The summed E-state index contributed by atoms with van der Waals surface area (Å²) in [6.45, 7) is 7.04. The predicted molar refractivity (Wildman–Crippen MR) is 82.0 cm³/mol. The number of rotatable bonds is 14. The summed E-state index contributed by atoms with van der Waals surface area (Å²) in [5, 5.41) is 39.8. The van der Waals surface area contributed by atoms with Crippen LogP contribution in [0.25, 0.3) is 0 Å². The van der Waals surface area contributed by atoms with E-state index in [-0.39, 0.29) is 13.2 Å². The van der Waals surface area contributed by atoms with E-state index in [1.165, 1.54) is 0 Å². The molecule has 0 aliphatic heterocycles. The third-order valence-electron chi connectivity index (χ3n) is 3.26. The van der Waals surface area contributed by atoms with Crippen molar-refractivity contribution in [2.24, 2.45) is 0 Å². The Balaban J connectivity index is 3.69. The first-order valence-corrected chi connectivity index (χ1v) is 7.17. The summed E-state index contributed by atoms with van der Waals surface area (Å²) in [5.74, 6) is 0. The maximum absolute atomic E-state index is 9.72. The standard InChI is InChI=1S/C15H29NO5/c1-3-13(2)6-4-5-7-21-9-14(20)8-16-15(10-17,11-18)12-19/h3,14,16-20H,1-2,4-12H2. The second-order valence-electron chi connectivity index (χ2n) is 5.18. The fraction of sp³-hybridized carbons (Fsp3) is 0.733. The van der Waals surface area contributed by atoms with Crippen LogP contribution in [0.5, 0.6) is 0 Å². The molecule has 0 spiro atoms. The molecule has 0 saturated carbocycles. The lowest BCUT2D eigenvalue weighted by Gasteiger charge is -2.29. The number of unbranched alkanes of at least 4 members (excludes halogenated alkanes) is 1. The molecule has 0 amide bonds. The van der Waals surface area contributed by atoms with Crippen molar-refractivity contribution in [2.75, 3.05) is 39.6 Å². The van der Waals surface area contributed by atoms with Crippen LogP contribution in [0.15, 0.2) is 24.8 Å². The normalized spacial score (nSPS) is 13.1. The third-order valence-corrected chi connectivity index (χ3v) is 3.26. The van der Waals surface area contributed by atoms with Gasteiger partial charge in [-0.15, -0.1) is 0 Å². The van der Waals surface area contributed by atoms with Crippen molar-refractivity contribution in [3.63, 3.8) is 0 Å². The average Bonchev–Trinajstić information content (AvgIpc) is 2.52. The zero-order valence-electron chi connectivity index (χ0n) is 12.6. The topological polar surface area (TPSA) is 102 Å². The third kappa shape index (κ3) is 8.98. The van der Waals surface area contributed by atoms with Crippen molar-refractivity contribution < 1.29 is 25.2 Å². The van der Waals surface area contributed by atoms with E-state index < -0.39 is 31.5 Å². The van der Waals surface area contributed by atoms with E-state index in [0.29, 0.717) is 6.61 Å². The molecule has 0 bridgehead atoms. The molecule has 6 nitrogen and oxygen atoms in total. The molecule has 0 heterocycles. The number of β-amino-alcohol motifs (C(OH)–C–C–N with tert-alkyl or cyclic N) is 1. The molecular weight excluding hydrogens is 274 g/mol. The van der Waals surface area contributed by atoms with Crippen LogP contribution in [0, 0.1) is 0 Å². The number of allylic oxidation sites excluding steroid dienone is 2. The Bertz CT molecular complexity index is 284. The van der Waals surface area contributed by atoms with Gasteiger partial charge in [0.15, 0.2) is 0 Å². The second-order valence-corrected chi connectivity index (χ2v) is 5.18. The van der Waals surface area contributed by atoms with Crippen molar-refractivity contribution in [1.82, 2.24) is 5.32 Å². The Hall–Kier alpha value is -0.760. The van der Waals surface area contributed by atoms with E-state index in [4.69, 9.17) is 20.1 Å². The number of hydrogen-bond acceptors (Lipinski definition) is 6. The molecular formula is C15H29NO5. The summed E-state index contributed by atoms with van der Waals surface area (Å²) in [6, 6.07) is 0. The molecule has 0 rings (SSSR count). The van der Waals surface area contributed by atoms with Crippen molar-refractivity contribution in [3.05, 3.63) is 24.8 Å². The highest BCUT2D eigenvalue weighted by Gasteiger charge is 2.27. The number of nitrogens with one attached hydrogen (secondary N) is 1. The molecule has 0 fully saturated rings. The van der Waals surface area contributed by atoms with Crippen LogP contribution in [0.4, 0.5) is 0 Å². The molecule has 0 aromatic carbocycles. The molecule has 21 heavy (non-hydrogen) atoms. The summed E-state index contributed by atoms with van der Waals surface area (Å²) in [6.07, 6.45) is 3.70. The van der Waals surface area contributed by atoms with Crippen molar-refractivity contribution in [3.8, 4) is 0 Å². The van der Waals surface area contributed by atoms with E-state index >= 15 is 0 Å². The van der Waals surface area contributed by atoms with Crippen LogP contribution in [0.1, 0.15) is 19.3 Å². The zero-order valence-corrected chi connectivity index (χ0v) is 12.6. The predicted octanol–water partition coefficient (Wildman–Crippen LogP) is -0.418. The molecule has 6 heteroatoms. The van der Waals surface area contributed by atoms with Gasteiger partial charge >= 0.3 is 0 Å². The Morgan fingerprint density at radius 1 is 1.19 bits per heavy atom. The highest BCUT2D eigenvalue weighted by Crippen LogP contribution is 2.06. The van der Waals surface area contributed by atoms with Gasteiger partial charge in [-0.2, -0.15) is 0 Å². The fourth-order valence-electron chi connectivity index (χ4n) is 1.59. The molecule has 1 unspecified atom stereocenters. The first-order valence-electron chi connectivity index (χ1n) is 7.17. The Morgan fingerprint density at radius 3 is 2.33 bits per heavy atom. The van der Waals surface area contributed by atoms with E-state index in [0.717, 1.165) is 24.8 Å². The van der Waals surface area contributed by atoms with E-state index in [2.05, 4.69) is 18.5 Å². The van der Waals surface area contributed by atoms with Crippen LogP contribution in [0.2, 0.25) is 0 Å². The van der Waals surface area contributed by atoms with Crippen LogP contribution in [-0.4, -0.2) is 71.6 Å². The van der Waals surface area contributed by atoms with Gasteiger partial charge in [0.2, 0.25) is 0 Å². The van der Waals surface area contributed by atoms with Crippen molar-refractivity contribution >= 4 is 0 Å². The maximum atomic E-state index is 9.72. The molecule has 0 aliphatic rings. The number of aliphatic hydroxyl groups excluding tert-OH is 4. The van der Waals surface area contributed by atoms with Gasteiger partial charge in [-0.05, 0) is 19.3 Å². The monoisotopic (exact) mass is 303 g/mol. The quantitative estimate of drug-likeness (QED) is 0.221. The number of ether oxygens (including phenoxy) is 1. The van der Waals surface area contributed by atoms with Gasteiger partial charge in [0, 0.05) is 13.2 Å². The van der Waals surface area contributed by atoms with Crippen LogP contribution in [0.3, 0.4) is 0 Å². The molecule has 1 atom stereocenters. The summed E-state index contributed by atoms with van der Waals surface area (Å²) in [4.78, 5) is 0. The fourth-order valence-corrected chi connectivity index (χ4v) is 1.59. The first kappa shape index (κ1) is 20.2. The lowest BCUT2D eigenvalue weighted by atomic mass is 10.0. The zero-order chi connectivity index (χ0) is 16.1. The minimum absolute atomic E-state index is 0.120. The van der Waals surface area contributed by atoms with Crippen molar-refractivity contribution in [1.29, 1.82) is 0 Å². The van der Waals surface area contributed by atoms with E-state index in [1.54, 1.807) is 6.08 Å². The minimum atomic E-state index is -1.17. The summed E-state index contributed by atoms with van der Waals surface area (Å²) >= 11 is 0. The molecule has 5 N–H and O–H groups in total. The average molecular weight is 303 g/mol. The molecule has 0 radical (unpaired) electrons. The maximum Gasteiger partial charge on any atom is 0.0897 e. The molecule has 0 saturated heterocycles. The van der Waals surface area contributed by atoms with Gasteiger partial charge in [-0.25, -0.2) is 0 Å². The lowest BCUT2D eigenvalue weighted by Crippen LogP contribution is -2.57. The first-order chi connectivity index (χ1) is 10.0. The van der Waals surface area contributed by atoms with Crippen molar-refractivity contribution in [2.45, 2.75) is 30.9 Å². The minimum Gasteiger partial charge on any atom is -0.394 e. The molecule has 124 valence electrons. The Labute approximate surface area is 126 Å². The van der Waals surface area contributed by atoms with Crippen LogP contribution in [-0.2, 0) is 4.74 Å². The van der Waals surface area contributed by atoms with Gasteiger partial charge in [-0.1, -0.05) is 24.8 Å². The summed E-state index contributed by atoms with van der Waals surface area (Å²) in [7, 11) is 0. The highest BCUT2D eigenvalue weighted by molar-refractivity contribution is 5.10. The SMILES string of the molecule is C=CC(=C)CCCCOCC(O)CNC(CO)(CO)CO. The summed E-state index contributed by atoms with van der Waals surface area (Å²) in [5.41, 5.74) is -0.168. The Morgan fingerprint density at radius 2 is 1.81 bits per heavy atom. The van der Waals surface area contributed by atoms with Gasteiger partial charge in [0.1, 0.15) is 0 Å². The van der Waals surface area contributed by atoms with Crippen LogP contribution >= 0.6 is 0 Å². The highest BCUT2D eigenvalue weighted by atomic mass is 16.5. The smallest absolute Gasteiger partial charge is 0.0897 e. The second kappa shape index (κ2) is 11.9. The molecule has 0 aromatic heterocycles. The number of aliphatic hydroxyl groups is 4.